The number of carboxylic acid groups (broad SMARTS) is 1. The Morgan fingerprint density at radius 1 is 1.02 bits per heavy atom. The van der Waals surface area contributed by atoms with Gasteiger partial charge in [-0.15, -0.1) is 0 Å². The molecule has 1 aliphatic heterocycles. The lowest BCUT2D eigenvalue weighted by molar-refractivity contribution is -0.192. The number of nitrogens with one attached hydrogen (secondary N) is 2. The van der Waals surface area contributed by atoms with Gasteiger partial charge in [-0.1, -0.05) is 30.3 Å². The lowest BCUT2D eigenvalue weighted by atomic mass is 10.2. The van der Waals surface area contributed by atoms with Crippen LogP contribution in [0.1, 0.15) is 11.1 Å². The molecule has 1 fully saturated rings. The number of morpholine rings is 1. The first kappa shape index (κ1) is 30.3. The quantitative estimate of drug-likeness (QED) is 0.300. The highest BCUT2D eigenvalue weighted by Crippen LogP contribution is 2.37. The van der Waals surface area contributed by atoms with Crippen molar-refractivity contribution in [2.45, 2.75) is 18.9 Å². The molecular weight excluding hydrogens is 546 g/mol. The second-order valence-electron chi connectivity index (χ2n) is 8.36. The molecule has 8 nitrogen and oxygen atoms in total. The third kappa shape index (κ3) is 8.66. The molecule has 0 amide bonds. The smallest absolute Gasteiger partial charge is 0.490 e. The minimum Gasteiger partial charge on any atom is -0.494 e. The molecule has 0 atom stereocenters. The number of benzene rings is 2. The average Bonchev–Trinajstić information content (AvgIpc) is 2.92. The van der Waals surface area contributed by atoms with Gasteiger partial charge in [0.25, 0.3) is 0 Å². The Labute approximate surface area is 225 Å². The zero-order valence-electron chi connectivity index (χ0n) is 21.1. The number of hydrogen-bond donors (Lipinski definition) is 3. The molecular formula is C26H26F6N4O4. The van der Waals surface area contributed by atoms with Gasteiger partial charge in [-0.05, 0) is 17.7 Å². The van der Waals surface area contributed by atoms with Crippen LogP contribution >= 0.6 is 0 Å². The van der Waals surface area contributed by atoms with E-state index in [0.29, 0.717) is 24.7 Å². The van der Waals surface area contributed by atoms with Gasteiger partial charge in [-0.2, -0.15) is 26.3 Å². The third-order valence-electron chi connectivity index (χ3n) is 5.60. The maximum Gasteiger partial charge on any atom is 0.490 e. The predicted molar refractivity (Wildman–Crippen MR) is 136 cm³/mol. The number of halogens is 6. The van der Waals surface area contributed by atoms with Crippen molar-refractivity contribution in [3.63, 3.8) is 0 Å². The number of carbonyl (C=O) groups is 1. The van der Waals surface area contributed by atoms with Gasteiger partial charge in [-0.25, -0.2) is 9.78 Å². The molecule has 14 heteroatoms. The van der Waals surface area contributed by atoms with Crippen LogP contribution in [-0.4, -0.2) is 55.6 Å². The number of alkyl halides is 6. The Morgan fingerprint density at radius 3 is 2.25 bits per heavy atom. The fourth-order valence-electron chi connectivity index (χ4n) is 3.63. The Hall–Kier alpha value is -4.20. The van der Waals surface area contributed by atoms with E-state index in [2.05, 4.69) is 20.5 Å². The number of ether oxygens (including phenoxy) is 2. The summed E-state index contributed by atoms with van der Waals surface area (Å²) in [5.74, 6) is -1.91. The number of nitrogens with zero attached hydrogens (tertiary/aromatic N) is 2. The van der Waals surface area contributed by atoms with Crippen LogP contribution in [0.5, 0.6) is 5.75 Å². The number of aromatic nitrogens is 1. The van der Waals surface area contributed by atoms with E-state index in [-0.39, 0.29) is 18.1 Å². The van der Waals surface area contributed by atoms with Gasteiger partial charge in [0.15, 0.2) is 0 Å². The van der Waals surface area contributed by atoms with Gasteiger partial charge in [0.2, 0.25) is 0 Å². The van der Waals surface area contributed by atoms with Crippen molar-refractivity contribution >= 4 is 28.8 Å². The first-order valence-electron chi connectivity index (χ1n) is 11.8. The van der Waals surface area contributed by atoms with Crippen molar-refractivity contribution in [3.8, 4) is 5.75 Å². The summed E-state index contributed by atoms with van der Waals surface area (Å²) in [7, 11) is 1.55. The van der Waals surface area contributed by atoms with Crippen molar-refractivity contribution in [1.29, 1.82) is 0 Å². The third-order valence-corrected chi connectivity index (χ3v) is 5.60. The van der Waals surface area contributed by atoms with E-state index >= 15 is 0 Å². The Kier molecular flexibility index (Phi) is 10.0. The number of hydrogen-bond acceptors (Lipinski definition) is 7. The molecule has 0 aliphatic carbocycles. The summed E-state index contributed by atoms with van der Waals surface area (Å²) in [6.45, 7) is 3.15. The number of methoxy groups -OCH3 is 1. The molecule has 0 bridgehead atoms. The zero-order valence-corrected chi connectivity index (χ0v) is 21.1. The number of anilines is 4. The SMILES string of the molecule is COc1cc(N2CCOCC2)ccc1Nc1cc(NCc2ccccc2)c(C(F)(F)F)cn1.O=C(O)C(F)(F)F. The minimum absolute atomic E-state index is 0.0484. The normalized spacial score (nSPS) is 13.6. The first-order chi connectivity index (χ1) is 18.9. The first-order valence-corrected chi connectivity index (χ1v) is 11.8. The second kappa shape index (κ2) is 13.2. The van der Waals surface area contributed by atoms with E-state index in [1.807, 2.05) is 48.5 Å². The van der Waals surface area contributed by atoms with Gasteiger partial charge in [0, 0.05) is 43.7 Å². The molecule has 0 saturated carbocycles. The largest absolute Gasteiger partial charge is 0.494 e. The van der Waals surface area contributed by atoms with Gasteiger partial charge in [-0.3, -0.25) is 0 Å². The lowest BCUT2D eigenvalue weighted by Crippen LogP contribution is -2.36. The van der Waals surface area contributed by atoms with E-state index in [0.717, 1.165) is 30.5 Å². The fourth-order valence-corrected chi connectivity index (χ4v) is 3.63. The van der Waals surface area contributed by atoms with E-state index in [1.165, 1.54) is 6.07 Å². The predicted octanol–water partition coefficient (Wildman–Crippen LogP) is 5.93. The second-order valence-corrected chi connectivity index (χ2v) is 8.36. The number of rotatable bonds is 7. The van der Waals surface area contributed by atoms with Crippen LogP contribution in [0.2, 0.25) is 0 Å². The number of carboxylic acids is 1. The van der Waals surface area contributed by atoms with Crippen molar-refractivity contribution in [3.05, 3.63) is 71.9 Å². The Balaban J connectivity index is 0.000000559. The highest BCUT2D eigenvalue weighted by atomic mass is 19.4. The Morgan fingerprint density at radius 2 is 1.68 bits per heavy atom. The summed E-state index contributed by atoms with van der Waals surface area (Å²) in [4.78, 5) is 15.1. The molecule has 3 aromatic rings. The molecule has 3 N–H and O–H groups in total. The molecule has 2 aromatic carbocycles. The highest BCUT2D eigenvalue weighted by molar-refractivity contribution is 5.73. The van der Waals surface area contributed by atoms with Gasteiger partial charge >= 0.3 is 18.3 Å². The summed E-state index contributed by atoms with van der Waals surface area (Å²) >= 11 is 0. The molecule has 216 valence electrons. The number of aliphatic carboxylic acids is 1. The molecule has 40 heavy (non-hydrogen) atoms. The molecule has 2 heterocycles. The molecule has 1 saturated heterocycles. The summed E-state index contributed by atoms with van der Waals surface area (Å²) in [6, 6.07) is 16.3. The van der Waals surface area contributed by atoms with Crippen LogP contribution in [0.25, 0.3) is 0 Å². The highest BCUT2D eigenvalue weighted by Gasteiger charge is 2.38. The molecule has 1 aliphatic rings. The summed E-state index contributed by atoms with van der Waals surface area (Å²) in [5.41, 5.74) is 1.60. The van der Waals surface area contributed by atoms with Gasteiger partial charge < -0.3 is 30.1 Å². The van der Waals surface area contributed by atoms with Crippen molar-refractivity contribution in [2.24, 2.45) is 0 Å². The molecule has 0 radical (unpaired) electrons. The van der Waals surface area contributed by atoms with Crippen molar-refractivity contribution in [1.82, 2.24) is 4.98 Å². The summed E-state index contributed by atoms with van der Waals surface area (Å²) < 4.78 is 83.3. The lowest BCUT2D eigenvalue weighted by Gasteiger charge is -2.29. The Bertz CT molecular complexity index is 1270. The minimum atomic E-state index is -5.08. The monoisotopic (exact) mass is 572 g/mol. The maximum absolute atomic E-state index is 13.5. The van der Waals surface area contributed by atoms with E-state index in [4.69, 9.17) is 19.4 Å². The van der Waals surface area contributed by atoms with Crippen LogP contribution in [0.4, 0.5) is 49.2 Å². The summed E-state index contributed by atoms with van der Waals surface area (Å²) in [6.07, 6.45) is -8.77. The fraction of sp³-hybridized carbons (Fsp3) is 0.308. The van der Waals surface area contributed by atoms with Crippen molar-refractivity contribution in [2.75, 3.05) is 48.9 Å². The van der Waals surface area contributed by atoms with Crippen molar-refractivity contribution < 1.29 is 45.7 Å². The zero-order chi connectivity index (χ0) is 29.3. The van der Waals surface area contributed by atoms with Crippen LogP contribution in [0.3, 0.4) is 0 Å². The molecule has 1 aromatic heterocycles. The average molecular weight is 573 g/mol. The van der Waals surface area contributed by atoms with Crippen LogP contribution in [0, 0.1) is 0 Å². The van der Waals surface area contributed by atoms with Gasteiger partial charge in [0.05, 0.1) is 37.3 Å². The van der Waals surface area contributed by atoms with E-state index < -0.39 is 23.9 Å². The molecule has 4 rings (SSSR count). The van der Waals surface area contributed by atoms with Crippen LogP contribution in [-0.2, 0) is 22.3 Å². The number of pyridine rings is 1. The van der Waals surface area contributed by atoms with E-state index in [1.54, 1.807) is 7.11 Å². The molecule has 0 spiro atoms. The molecule has 0 unspecified atom stereocenters. The van der Waals surface area contributed by atoms with Crippen LogP contribution in [0.15, 0.2) is 60.8 Å². The van der Waals surface area contributed by atoms with Gasteiger partial charge in [0.1, 0.15) is 11.6 Å². The van der Waals surface area contributed by atoms with Crippen LogP contribution < -0.4 is 20.3 Å². The topological polar surface area (TPSA) is 96.0 Å². The summed E-state index contributed by atoms with van der Waals surface area (Å²) in [5, 5.41) is 13.1. The standard InChI is InChI=1S/C24H25F3N4O2.C2HF3O2/c1-32-22-13-18(31-9-11-33-12-10-31)7-8-20(22)30-23-14-21(19(16-29-23)24(25,26)27)28-15-17-5-3-2-4-6-17;3-2(4,5)1(6)7/h2-8,13-14,16H,9-12,15H2,1H3,(H2,28,29,30);(H,6,7). The maximum atomic E-state index is 13.5. The van der Waals surface area contributed by atoms with E-state index in [9.17, 15) is 26.3 Å².